The smallest absolute Gasteiger partial charge is 0.326 e. The van der Waals surface area contributed by atoms with Crippen molar-refractivity contribution >= 4 is 12.0 Å². The summed E-state index contributed by atoms with van der Waals surface area (Å²) in [7, 11) is 0. The fraction of sp³-hybridized carbons (Fsp3) is 0.833. The van der Waals surface area contributed by atoms with Crippen LogP contribution in [-0.2, 0) is 4.79 Å². The maximum Gasteiger partial charge on any atom is 0.326 e. The maximum atomic E-state index is 11.8. The number of rotatable bonds is 7. The van der Waals surface area contributed by atoms with Crippen molar-refractivity contribution in [2.45, 2.75) is 59.0 Å². The van der Waals surface area contributed by atoms with E-state index in [0.717, 1.165) is 12.8 Å². The highest BCUT2D eigenvalue weighted by molar-refractivity contribution is 5.82. The van der Waals surface area contributed by atoms with E-state index in [1.54, 1.807) is 4.90 Å². The lowest BCUT2D eigenvalue weighted by Gasteiger charge is -2.27. The molecule has 0 fully saturated rings. The molecule has 0 aliphatic carbocycles. The lowest BCUT2D eigenvalue weighted by Crippen LogP contribution is -2.50. The van der Waals surface area contributed by atoms with E-state index in [9.17, 15) is 9.59 Å². The molecule has 0 aromatic rings. The minimum Gasteiger partial charge on any atom is -0.480 e. The van der Waals surface area contributed by atoms with Gasteiger partial charge in [-0.05, 0) is 27.2 Å². The lowest BCUT2D eigenvalue weighted by molar-refractivity contribution is -0.139. The number of urea groups is 1. The second-order valence-corrected chi connectivity index (χ2v) is 4.36. The topological polar surface area (TPSA) is 69.6 Å². The highest BCUT2D eigenvalue weighted by Gasteiger charge is 2.23. The largest absolute Gasteiger partial charge is 0.480 e. The molecule has 0 unspecified atom stereocenters. The molecule has 0 saturated heterocycles. The third kappa shape index (κ3) is 5.56. The number of nitrogens with one attached hydrogen (secondary N) is 1. The Bertz CT molecular complexity index is 254. The molecule has 0 radical (unpaired) electrons. The van der Waals surface area contributed by atoms with Crippen molar-refractivity contribution in [3.63, 3.8) is 0 Å². The van der Waals surface area contributed by atoms with Crippen molar-refractivity contribution < 1.29 is 14.7 Å². The monoisotopic (exact) mass is 244 g/mol. The molecule has 0 aromatic heterocycles. The van der Waals surface area contributed by atoms with E-state index in [4.69, 9.17) is 5.11 Å². The molecule has 17 heavy (non-hydrogen) atoms. The summed E-state index contributed by atoms with van der Waals surface area (Å²) in [6, 6.07) is -1.01. The Kier molecular flexibility index (Phi) is 7.34. The summed E-state index contributed by atoms with van der Waals surface area (Å²) in [5.41, 5.74) is 0. The summed E-state index contributed by atoms with van der Waals surface area (Å²) in [5.74, 6) is -0.966. The van der Waals surface area contributed by atoms with Crippen molar-refractivity contribution in [3.8, 4) is 0 Å². The third-order valence-electron chi connectivity index (χ3n) is 2.67. The van der Waals surface area contributed by atoms with Gasteiger partial charge in [0.15, 0.2) is 0 Å². The zero-order valence-electron chi connectivity index (χ0n) is 11.2. The molecular weight excluding hydrogens is 220 g/mol. The summed E-state index contributed by atoms with van der Waals surface area (Å²) in [5, 5.41) is 11.6. The molecule has 0 saturated carbocycles. The number of carboxylic acid groups (broad SMARTS) is 1. The van der Waals surface area contributed by atoms with Crippen LogP contribution in [0.3, 0.4) is 0 Å². The van der Waals surface area contributed by atoms with Crippen molar-refractivity contribution in [1.29, 1.82) is 0 Å². The highest BCUT2D eigenvalue weighted by Crippen LogP contribution is 2.04. The zero-order chi connectivity index (χ0) is 13.4. The summed E-state index contributed by atoms with van der Waals surface area (Å²) in [6.07, 6.45) is 2.19. The van der Waals surface area contributed by atoms with Crippen LogP contribution in [0.25, 0.3) is 0 Å². The summed E-state index contributed by atoms with van der Waals surface area (Å²) in [4.78, 5) is 24.4. The van der Waals surface area contributed by atoms with E-state index in [2.05, 4.69) is 5.32 Å². The quantitative estimate of drug-likeness (QED) is 0.720. The standard InChI is InChI=1S/C12H24N2O3/c1-5-7-8-10(11(15)16)13-12(17)14(6-2)9(3)4/h9-10H,5-8H2,1-4H3,(H,13,17)(H,15,16)/t10-/m0/s1. The van der Waals surface area contributed by atoms with Gasteiger partial charge in [0.1, 0.15) is 6.04 Å². The number of nitrogens with zero attached hydrogens (tertiary/aromatic N) is 1. The highest BCUT2D eigenvalue weighted by atomic mass is 16.4. The number of unbranched alkanes of at least 4 members (excludes halogenated alkanes) is 1. The molecule has 0 aliphatic heterocycles. The Balaban J connectivity index is 4.43. The normalized spacial score (nSPS) is 12.3. The van der Waals surface area contributed by atoms with Gasteiger partial charge < -0.3 is 15.3 Å². The first kappa shape index (κ1) is 15.7. The Morgan fingerprint density at radius 2 is 1.88 bits per heavy atom. The van der Waals surface area contributed by atoms with Gasteiger partial charge in [-0.25, -0.2) is 9.59 Å². The minimum absolute atomic E-state index is 0.0700. The molecule has 0 heterocycles. The van der Waals surface area contributed by atoms with Crippen molar-refractivity contribution in [3.05, 3.63) is 0 Å². The van der Waals surface area contributed by atoms with Gasteiger partial charge in [-0.15, -0.1) is 0 Å². The minimum atomic E-state index is -0.966. The Labute approximate surface area is 103 Å². The predicted molar refractivity (Wildman–Crippen MR) is 67.0 cm³/mol. The maximum absolute atomic E-state index is 11.8. The first-order valence-electron chi connectivity index (χ1n) is 6.23. The average Bonchev–Trinajstić information content (AvgIpc) is 2.24. The molecule has 0 aliphatic rings. The van der Waals surface area contributed by atoms with Crippen LogP contribution in [0.2, 0.25) is 0 Å². The van der Waals surface area contributed by atoms with E-state index in [1.807, 2.05) is 27.7 Å². The molecule has 5 nitrogen and oxygen atoms in total. The summed E-state index contributed by atoms with van der Waals surface area (Å²) < 4.78 is 0. The van der Waals surface area contributed by atoms with E-state index in [0.29, 0.717) is 13.0 Å². The van der Waals surface area contributed by atoms with Crippen LogP contribution in [0.15, 0.2) is 0 Å². The Morgan fingerprint density at radius 3 is 2.24 bits per heavy atom. The molecule has 100 valence electrons. The van der Waals surface area contributed by atoms with Gasteiger partial charge in [0.2, 0.25) is 0 Å². The van der Waals surface area contributed by atoms with Crippen LogP contribution < -0.4 is 5.32 Å². The van der Waals surface area contributed by atoms with E-state index >= 15 is 0 Å². The van der Waals surface area contributed by atoms with Crippen molar-refractivity contribution in [2.75, 3.05) is 6.54 Å². The number of hydrogen-bond donors (Lipinski definition) is 2. The number of hydrogen-bond acceptors (Lipinski definition) is 2. The number of carbonyl (C=O) groups excluding carboxylic acids is 1. The van der Waals surface area contributed by atoms with E-state index < -0.39 is 12.0 Å². The molecule has 1 atom stereocenters. The molecule has 2 N–H and O–H groups in total. The molecule has 0 rings (SSSR count). The van der Waals surface area contributed by atoms with Crippen LogP contribution in [0.4, 0.5) is 4.79 Å². The van der Waals surface area contributed by atoms with Crippen molar-refractivity contribution in [1.82, 2.24) is 10.2 Å². The zero-order valence-corrected chi connectivity index (χ0v) is 11.2. The first-order chi connectivity index (χ1) is 7.93. The van der Waals surface area contributed by atoms with Gasteiger partial charge in [0, 0.05) is 12.6 Å². The van der Waals surface area contributed by atoms with Crippen LogP contribution >= 0.6 is 0 Å². The predicted octanol–water partition coefficient (Wildman–Crippen LogP) is 2.07. The molecule has 5 heteroatoms. The SMILES string of the molecule is CCCC[C@H](NC(=O)N(CC)C(C)C)C(=O)O. The summed E-state index contributed by atoms with van der Waals surface area (Å²) in [6.45, 7) is 8.26. The van der Waals surface area contributed by atoms with Gasteiger partial charge in [0.05, 0.1) is 0 Å². The van der Waals surface area contributed by atoms with Gasteiger partial charge in [-0.2, -0.15) is 0 Å². The Morgan fingerprint density at radius 1 is 1.29 bits per heavy atom. The lowest BCUT2D eigenvalue weighted by atomic mass is 10.1. The van der Waals surface area contributed by atoms with E-state index in [-0.39, 0.29) is 12.1 Å². The van der Waals surface area contributed by atoms with Crippen LogP contribution in [0, 0.1) is 0 Å². The second kappa shape index (κ2) is 7.92. The van der Waals surface area contributed by atoms with Gasteiger partial charge in [-0.3, -0.25) is 0 Å². The molecule has 0 aromatic carbocycles. The molecule has 0 spiro atoms. The Hall–Kier alpha value is -1.26. The molecular formula is C12H24N2O3. The second-order valence-electron chi connectivity index (χ2n) is 4.36. The van der Waals surface area contributed by atoms with Gasteiger partial charge >= 0.3 is 12.0 Å². The molecule has 0 bridgehead atoms. The average molecular weight is 244 g/mol. The third-order valence-corrected chi connectivity index (χ3v) is 2.67. The van der Waals surface area contributed by atoms with Gasteiger partial charge in [-0.1, -0.05) is 19.8 Å². The molecule has 2 amide bonds. The first-order valence-corrected chi connectivity index (χ1v) is 6.23. The van der Waals surface area contributed by atoms with Crippen LogP contribution in [0.1, 0.15) is 47.0 Å². The fourth-order valence-electron chi connectivity index (χ4n) is 1.64. The van der Waals surface area contributed by atoms with Crippen LogP contribution in [0.5, 0.6) is 0 Å². The van der Waals surface area contributed by atoms with Crippen LogP contribution in [-0.4, -0.2) is 40.6 Å². The number of aliphatic carboxylic acids is 1. The number of amides is 2. The fourth-order valence-corrected chi connectivity index (χ4v) is 1.64. The van der Waals surface area contributed by atoms with E-state index in [1.165, 1.54) is 0 Å². The van der Waals surface area contributed by atoms with Gasteiger partial charge in [0.25, 0.3) is 0 Å². The summed E-state index contributed by atoms with van der Waals surface area (Å²) >= 11 is 0. The number of carbonyl (C=O) groups is 2. The van der Waals surface area contributed by atoms with Crippen molar-refractivity contribution in [2.24, 2.45) is 0 Å². The number of carboxylic acids is 1.